The molecule has 94 valence electrons. The summed E-state index contributed by atoms with van der Waals surface area (Å²) in [5.41, 5.74) is 0.810. The lowest BCUT2D eigenvalue weighted by Crippen LogP contribution is -2.12. The van der Waals surface area contributed by atoms with Crippen molar-refractivity contribution in [2.45, 2.75) is 0 Å². The Bertz CT molecular complexity index is 540. The second-order valence-corrected chi connectivity index (χ2v) is 3.22. The summed E-state index contributed by atoms with van der Waals surface area (Å²) in [6.07, 6.45) is 2.88. The van der Waals surface area contributed by atoms with Crippen LogP contribution in [-0.2, 0) is 9.53 Å². The largest absolute Gasteiger partial charge is 0.466 e. The first-order valence-electron chi connectivity index (χ1n) is 4.96. The predicted molar refractivity (Wildman–Crippen MR) is 57.9 cm³/mol. The Morgan fingerprint density at radius 1 is 1.56 bits per heavy atom. The van der Waals surface area contributed by atoms with Gasteiger partial charge in [0.15, 0.2) is 6.61 Å². The van der Waals surface area contributed by atoms with E-state index in [4.69, 9.17) is 4.74 Å². The molecule has 0 spiro atoms. The van der Waals surface area contributed by atoms with Gasteiger partial charge in [-0.15, -0.1) is 0 Å². The van der Waals surface area contributed by atoms with Crippen molar-refractivity contribution >= 4 is 5.97 Å². The Morgan fingerprint density at radius 3 is 3.06 bits per heavy atom. The summed E-state index contributed by atoms with van der Waals surface area (Å²) in [5, 5.41) is 13.2. The number of methoxy groups -OCH3 is 1. The second-order valence-electron chi connectivity index (χ2n) is 3.22. The van der Waals surface area contributed by atoms with Gasteiger partial charge in [0.1, 0.15) is 12.0 Å². The van der Waals surface area contributed by atoms with Crippen LogP contribution in [0.2, 0.25) is 0 Å². The molecule has 0 aliphatic carbocycles. The van der Waals surface area contributed by atoms with Gasteiger partial charge in [-0.1, -0.05) is 9.94 Å². The number of carbonyl (C=O) groups excluding carboxylic acids is 1. The smallest absolute Gasteiger partial charge is 0.343 e. The molecule has 8 heteroatoms. The van der Waals surface area contributed by atoms with Crippen LogP contribution in [0.1, 0.15) is 0 Å². The fraction of sp³-hybridized carbons (Fsp3) is 0.200. The molecule has 0 aliphatic heterocycles. The molecular formula is C10H10N4O4. The van der Waals surface area contributed by atoms with Crippen molar-refractivity contribution < 1.29 is 19.5 Å². The van der Waals surface area contributed by atoms with Crippen LogP contribution in [0.25, 0.3) is 11.4 Å². The number of nitrogens with zero attached hydrogens (tertiary/aromatic N) is 4. The molecule has 0 saturated carbocycles. The summed E-state index contributed by atoms with van der Waals surface area (Å²) in [6, 6.07) is 3.05. The number of rotatable bonds is 4. The fourth-order valence-electron chi connectivity index (χ4n) is 1.23. The van der Waals surface area contributed by atoms with E-state index in [1.807, 2.05) is 0 Å². The Morgan fingerprint density at radius 2 is 2.39 bits per heavy atom. The summed E-state index contributed by atoms with van der Waals surface area (Å²) in [4.78, 5) is 19.2. The maximum absolute atomic E-state index is 10.9. The number of hydrogen-bond donors (Lipinski definition) is 1. The maximum Gasteiger partial charge on any atom is 0.343 e. The lowest BCUT2D eigenvalue weighted by Gasteiger charge is -1.98. The minimum absolute atomic E-state index is 0.0940. The molecule has 2 rings (SSSR count). The van der Waals surface area contributed by atoms with E-state index in [0.29, 0.717) is 16.2 Å². The highest BCUT2D eigenvalue weighted by atomic mass is 16.6. The van der Waals surface area contributed by atoms with Gasteiger partial charge in [0.2, 0.25) is 5.88 Å². The van der Waals surface area contributed by atoms with Gasteiger partial charge >= 0.3 is 5.97 Å². The molecule has 8 nitrogen and oxygen atoms in total. The van der Waals surface area contributed by atoms with E-state index in [-0.39, 0.29) is 12.5 Å². The molecule has 2 heterocycles. The van der Waals surface area contributed by atoms with Crippen molar-refractivity contribution in [3.05, 3.63) is 24.7 Å². The SMILES string of the molecule is COC(=O)COc1cc(-c2ccncn2)n(O)n1. The third-order valence-corrected chi connectivity index (χ3v) is 2.08. The van der Waals surface area contributed by atoms with Crippen molar-refractivity contribution in [1.29, 1.82) is 0 Å². The van der Waals surface area contributed by atoms with Gasteiger partial charge < -0.3 is 14.7 Å². The maximum atomic E-state index is 10.9. The third kappa shape index (κ3) is 2.54. The number of aromatic nitrogens is 4. The van der Waals surface area contributed by atoms with Crippen molar-refractivity contribution in [1.82, 2.24) is 19.9 Å². The van der Waals surface area contributed by atoms with Crippen LogP contribution in [0.3, 0.4) is 0 Å². The van der Waals surface area contributed by atoms with E-state index < -0.39 is 5.97 Å². The molecule has 0 bridgehead atoms. The van der Waals surface area contributed by atoms with Gasteiger partial charge in [0.05, 0.1) is 12.8 Å². The lowest BCUT2D eigenvalue weighted by atomic mass is 10.3. The first kappa shape index (κ1) is 11.8. The summed E-state index contributed by atoms with van der Waals surface area (Å²) < 4.78 is 9.44. The molecule has 0 aliphatic rings. The van der Waals surface area contributed by atoms with E-state index in [9.17, 15) is 10.0 Å². The molecular weight excluding hydrogens is 240 g/mol. The number of carbonyl (C=O) groups is 1. The van der Waals surface area contributed by atoms with Gasteiger partial charge in [-0.2, -0.15) is 0 Å². The average molecular weight is 250 g/mol. The van der Waals surface area contributed by atoms with Gasteiger partial charge in [0.25, 0.3) is 0 Å². The molecule has 0 amide bonds. The molecule has 0 atom stereocenters. The third-order valence-electron chi connectivity index (χ3n) is 2.08. The van der Waals surface area contributed by atoms with Crippen molar-refractivity contribution in [3.63, 3.8) is 0 Å². The number of esters is 1. The Kier molecular flexibility index (Phi) is 3.37. The highest BCUT2D eigenvalue weighted by molar-refractivity contribution is 5.70. The van der Waals surface area contributed by atoms with Gasteiger partial charge in [-0.05, 0) is 6.07 Å². The van der Waals surface area contributed by atoms with Crippen LogP contribution in [0.15, 0.2) is 24.7 Å². The zero-order valence-corrected chi connectivity index (χ0v) is 9.48. The van der Waals surface area contributed by atoms with Crippen molar-refractivity contribution in [3.8, 4) is 17.3 Å². The molecule has 2 aromatic rings. The minimum Gasteiger partial charge on any atom is -0.466 e. The van der Waals surface area contributed by atoms with Gasteiger partial charge in [-0.3, -0.25) is 0 Å². The van der Waals surface area contributed by atoms with Crippen LogP contribution in [0, 0.1) is 0 Å². The van der Waals surface area contributed by atoms with Crippen LogP contribution in [-0.4, -0.2) is 44.8 Å². The zero-order chi connectivity index (χ0) is 13.0. The molecule has 0 radical (unpaired) electrons. The molecule has 0 fully saturated rings. The normalized spacial score (nSPS) is 10.1. The van der Waals surface area contributed by atoms with Crippen LogP contribution in [0.5, 0.6) is 5.88 Å². The topological polar surface area (TPSA) is 99.4 Å². The van der Waals surface area contributed by atoms with E-state index in [1.54, 1.807) is 6.07 Å². The molecule has 2 aromatic heterocycles. The summed E-state index contributed by atoms with van der Waals surface area (Å²) >= 11 is 0. The first-order valence-corrected chi connectivity index (χ1v) is 4.96. The fourth-order valence-corrected chi connectivity index (χ4v) is 1.23. The first-order chi connectivity index (χ1) is 8.70. The molecule has 1 N–H and O–H groups in total. The van der Waals surface area contributed by atoms with E-state index in [1.165, 1.54) is 25.7 Å². The minimum atomic E-state index is -0.536. The molecule has 0 unspecified atom stereocenters. The summed E-state index contributed by atoms with van der Waals surface area (Å²) in [6.45, 7) is -0.281. The lowest BCUT2D eigenvalue weighted by molar-refractivity contribution is -0.143. The Balaban J connectivity index is 2.15. The predicted octanol–water partition coefficient (Wildman–Crippen LogP) is 0.129. The van der Waals surface area contributed by atoms with E-state index in [0.717, 1.165) is 0 Å². The monoisotopic (exact) mass is 250 g/mol. The van der Waals surface area contributed by atoms with Crippen LogP contribution >= 0.6 is 0 Å². The van der Waals surface area contributed by atoms with Gasteiger partial charge in [0, 0.05) is 12.3 Å². The average Bonchev–Trinajstić information content (AvgIpc) is 2.78. The standard InChI is InChI=1S/C10H10N4O4/c1-17-10(15)5-18-9-4-8(14(16)13-9)7-2-3-11-6-12-7/h2-4,6,16H,5H2,1H3. The summed E-state index contributed by atoms with van der Waals surface area (Å²) in [5.74, 6) is -0.442. The molecule has 0 saturated heterocycles. The van der Waals surface area contributed by atoms with Crippen molar-refractivity contribution in [2.24, 2.45) is 0 Å². The van der Waals surface area contributed by atoms with E-state index >= 15 is 0 Å². The van der Waals surface area contributed by atoms with Crippen molar-refractivity contribution in [2.75, 3.05) is 13.7 Å². The number of ether oxygens (including phenoxy) is 2. The quantitative estimate of drug-likeness (QED) is 0.608. The van der Waals surface area contributed by atoms with Crippen LogP contribution < -0.4 is 4.74 Å². The van der Waals surface area contributed by atoms with Gasteiger partial charge in [-0.25, -0.2) is 14.8 Å². The zero-order valence-electron chi connectivity index (χ0n) is 9.48. The van der Waals surface area contributed by atoms with E-state index in [2.05, 4.69) is 19.8 Å². The highest BCUT2D eigenvalue weighted by Crippen LogP contribution is 2.20. The Hall–Kier alpha value is -2.64. The second kappa shape index (κ2) is 5.13. The Labute approximate surface area is 102 Å². The molecule has 0 aromatic carbocycles. The van der Waals surface area contributed by atoms with Crippen LogP contribution in [0.4, 0.5) is 0 Å². The highest BCUT2D eigenvalue weighted by Gasteiger charge is 2.12. The number of hydrogen-bond acceptors (Lipinski definition) is 7. The summed E-state index contributed by atoms with van der Waals surface area (Å²) in [7, 11) is 1.25. The molecule has 18 heavy (non-hydrogen) atoms.